The monoisotopic (exact) mass is 468 g/mol. The van der Waals surface area contributed by atoms with Gasteiger partial charge in [-0.3, -0.25) is 4.90 Å². The van der Waals surface area contributed by atoms with Crippen LogP contribution in [0.2, 0.25) is 5.02 Å². The molecule has 2 N–H and O–H groups in total. The lowest BCUT2D eigenvalue weighted by atomic mass is 9.94. The number of carbonyl (C=O) groups is 1. The second-order valence-corrected chi connectivity index (χ2v) is 8.19. The Morgan fingerprint density at radius 1 is 1.27 bits per heavy atom. The average molecular weight is 469 g/mol. The van der Waals surface area contributed by atoms with Crippen LogP contribution in [0.25, 0.3) is 17.0 Å². The van der Waals surface area contributed by atoms with Gasteiger partial charge in [0.15, 0.2) is 11.5 Å². The minimum absolute atomic E-state index is 0.0280. The fraction of sp³-hybridized carbons (Fsp3) is 0.292. The van der Waals surface area contributed by atoms with Gasteiger partial charge in [0.2, 0.25) is 5.82 Å². The fourth-order valence-corrected chi connectivity index (χ4v) is 4.05. The standard InChI is InChI=1S/C24H25ClN4O4/c1-4-5-11-29-14(2)20(23-27-22(28-33-23)16-7-6-8-17(25)12-16)21(26-24(29)31)15-9-10-19(32-3)18(30)13-15/h6-10,12-13,21,30H,4-5,11H2,1-3H3,(H,26,31). The van der Waals surface area contributed by atoms with Gasteiger partial charge in [0, 0.05) is 22.8 Å². The van der Waals surface area contributed by atoms with Crippen LogP contribution >= 0.6 is 11.6 Å². The van der Waals surface area contributed by atoms with Crippen molar-refractivity contribution >= 4 is 23.2 Å². The molecule has 4 rings (SSSR count). The first-order valence-corrected chi connectivity index (χ1v) is 11.1. The average Bonchev–Trinajstić information content (AvgIpc) is 3.28. The van der Waals surface area contributed by atoms with Crippen molar-refractivity contribution in [3.63, 3.8) is 0 Å². The van der Waals surface area contributed by atoms with E-state index in [1.54, 1.807) is 35.2 Å². The Balaban J connectivity index is 1.81. The summed E-state index contributed by atoms with van der Waals surface area (Å²) in [7, 11) is 1.48. The van der Waals surface area contributed by atoms with E-state index in [1.165, 1.54) is 7.11 Å². The molecule has 0 spiro atoms. The molecule has 1 aliphatic heterocycles. The Kier molecular flexibility index (Phi) is 6.55. The van der Waals surface area contributed by atoms with E-state index in [4.69, 9.17) is 20.9 Å². The molecule has 1 atom stereocenters. The Morgan fingerprint density at radius 2 is 2.09 bits per heavy atom. The predicted molar refractivity (Wildman–Crippen MR) is 125 cm³/mol. The number of methoxy groups -OCH3 is 1. The van der Waals surface area contributed by atoms with Crippen molar-refractivity contribution in [3.8, 4) is 22.9 Å². The molecule has 3 aromatic rings. The summed E-state index contributed by atoms with van der Waals surface area (Å²) < 4.78 is 10.8. The van der Waals surface area contributed by atoms with E-state index in [-0.39, 0.29) is 17.7 Å². The summed E-state index contributed by atoms with van der Waals surface area (Å²) >= 11 is 6.12. The predicted octanol–water partition coefficient (Wildman–Crippen LogP) is 5.40. The highest BCUT2D eigenvalue weighted by Crippen LogP contribution is 2.39. The number of hydrogen-bond donors (Lipinski definition) is 2. The molecule has 2 amide bonds. The van der Waals surface area contributed by atoms with Gasteiger partial charge in [0.05, 0.1) is 18.7 Å². The van der Waals surface area contributed by atoms with Crippen molar-refractivity contribution in [1.29, 1.82) is 0 Å². The first-order chi connectivity index (χ1) is 15.9. The van der Waals surface area contributed by atoms with Gasteiger partial charge in [-0.2, -0.15) is 4.98 Å². The molecule has 0 bridgehead atoms. The zero-order valence-electron chi connectivity index (χ0n) is 18.6. The molecule has 0 saturated carbocycles. The molecular formula is C24H25ClN4O4. The molecule has 172 valence electrons. The lowest BCUT2D eigenvalue weighted by Crippen LogP contribution is -2.46. The largest absolute Gasteiger partial charge is 0.504 e. The number of hydrogen-bond acceptors (Lipinski definition) is 6. The van der Waals surface area contributed by atoms with E-state index in [9.17, 15) is 9.90 Å². The number of phenols is 1. The van der Waals surface area contributed by atoms with Gasteiger partial charge in [0.25, 0.3) is 5.89 Å². The number of allylic oxidation sites excluding steroid dienone is 1. The van der Waals surface area contributed by atoms with E-state index in [0.717, 1.165) is 18.4 Å². The molecule has 0 saturated heterocycles. The van der Waals surface area contributed by atoms with Gasteiger partial charge in [-0.15, -0.1) is 0 Å². The van der Waals surface area contributed by atoms with E-state index >= 15 is 0 Å². The number of carbonyl (C=O) groups excluding carboxylic acids is 1. The third-order valence-electron chi connectivity index (χ3n) is 5.61. The molecule has 1 aliphatic rings. The number of halogens is 1. The van der Waals surface area contributed by atoms with Crippen LogP contribution in [0.1, 0.15) is 44.2 Å². The number of rotatable bonds is 7. The molecular weight excluding hydrogens is 444 g/mol. The van der Waals surface area contributed by atoms with Crippen LogP contribution in [-0.4, -0.2) is 39.8 Å². The highest BCUT2D eigenvalue weighted by Gasteiger charge is 2.35. The van der Waals surface area contributed by atoms with Crippen molar-refractivity contribution in [2.45, 2.75) is 32.7 Å². The van der Waals surface area contributed by atoms with Gasteiger partial charge < -0.3 is 19.7 Å². The van der Waals surface area contributed by atoms with E-state index in [0.29, 0.717) is 40.0 Å². The molecule has 2 aromatic carbocycles. The number of benzene rings is 2. The summed E-state index contributed by atoms with van der Waals surface area (Å²) in [6.45, 7) is 4.50. The Bertz CT molecular complexity index is 1210. The number of aromatic nitrogens is 2. The van der Waals surface area contributed by atoms with Gasteiger partial charge in [0.1, 0.15) is 0 Å². The number of aromatic hydroxyl groups is 1. The molecule has 8 nitrogen and oxygen atoms in total. The smallest absolute Gasteiger partial charge is 0.322 e. The zero-order chi connectivity index (χ0) is 23.5. The van der Waals surface area contributed by atoms with Gasteiger partial charge in [-0.25, -0.2) is 4.79 Å². The summed E-state index contributed by atoms with van der Waals surface area (Å²) in [5.41, 5.74) is 2.76. The minimum Gasteiger partial charge on any atom is -0.504 e. The number of ether oxygens (including phenoxy) is 1. The normalized spacial score (nSPS) is 16.2. The lowest BCUT2D eigenvalue weighted by molar-refractivity contribution is 0.204. The van der Waals surface area contributed by atoms with Crippen LogP contribution in [0.3, 0.4) is 0 Å². The minimum atomic E-state index is -0.597. The van der Waals surface area contributed by atoms with Crippen molar-refractivity contribution < 1.29 is 19.2 Å². The SMILES string of the molecule is CCCCN1C(=O)NC(c2ccc(OC)c(O)c2)C(c2nc(-c3cccc(Cl)c3)no2)=C1C. The van der Waals surface area contributed by atoms with Crippen molar-refractivity contribution in [2.24, 2.45) is 0 Å². The van der Waals surface area contributed by atoms with Crippen molar-refractivity contribution in [2.75, 3.05) is 13.7 Å². The maximum absolute atomic E-state index is 13.0. The summed E-state index contributed by atoms with van der Waals surface area (Å²) in [5, 5.41) is 18.1. The number of phenolic OH excluding ortho intramolecular Hbond substituents is 1. The van der Waals surface area contributed by atoms with Crippen molar-refractivity contribution in [3.05, 3.63) is 64.6 Å². The highest BCUT2D eigenvalue weighted by molar-refractivity contribution is 6.30. The van der Waals surface area contributed by atoms with Gasteiger partial charge >= 0.3 is 6.03 Å². The summed E-state index contributed by atoms with van der Waals surface area (Å²) in [6.07, 6.45) is 1.80. The maximum atomic E-state index is 13.0. The number of unbranched alkanes of at least 4 members (excludes halogenated alkanes) is 1. The Labute approximate surface area is 196 Å². The van der Waals surface area contributed by atoms with Crippen LogP contribution in [0.5, 0.6) is 11.5 Å². The summed E-state index contributed by atoms with van der Waals surface area (Å²) in [5.74, 6) is 0.985. The van der Waals surface area contributed by atoms with Gasteiger partial charge in [-0.1, -0.05) is 48.3 Å². The first kappa shape index (κ1) is 22.7. The van der Waals surface area contributed by atoms with Crippen LogP contribution in [0, 0.1) is 0 Å². The lowest BCUT2D eigenvalue weighted by Gasteiger charge is -2.35. The van der Waals surface area contributed by atoms with Crippen LogP contribution < -0.4 is 10.1 Å². The quantitative estimate of drug-likeness (QED) is 0.481. The summed E-state index contributed by atoms with van der Waals surface area (Å²) in [4.78, 5) is 19.2. The number of urea groups is 1. The topological polar surface area (TPSA) is 101 Å². The van der Waals surface area contributed by atoms with Crippen LogP contribution in [-0.2, 0) is 0 Å². The summed E-state index contributed by atoms with van der Waals surface area (Å²) in [6, 6.07) is 11.4. The zero-order valence-corrected chi connectivity index (χ0v) is 19.4. The molecule has 9 heteroatoms. The Hall–Kier alpha value is -3.52. The first-order valence-electron chi connectivity index (χ1n) is 10.7. The van der Waals surface area contributed by atoms with E-state index < -0.39 is 6.04 Å². The molecule has 0 radical (unpaired) electrons. The number of nitrogens with one attached hydrogen (secondary N) is 1. The highest BCUT2D eigenvalue weighted by atomic mass is 35.5. The third-order valence-corrected chi connectivity index (χ3v) is 5.84. The Morgan fingerprint density at radius 3 is 2.79 bits per heavy atom. The molecule has 2 heterocycles. The second-order valence-electron chi connectivity index (χ2n) is 7.75. The molecule has 0 fully saturated rings. The third kappa shape index (κ3) is 4.52. The molecule has 0 aliphatic carbocycles. The van der Waals surface area contributed by atoms with Crippen LogP contribution in [0.15, 0.2) is 52.7 Å². The molecule has 1 unspecified atom stereocenters. The van der Waals surface area contributed by atoms with Crippen LogP contribution in [0.4, 0.5) is 4.79 Å². The maximum Gasteiger partial charge on any atom is 0.322 e. The fourth-order valence-electron chi connectivity index (χ4n) is 3.86. The molecule has 1 aromatic heterocycles. The number of amides is 2. The van der Waals surface area contributed by atoms with E-state index in [2.05, 4.69) is 22.4 Å². The second kappa shape index (κ2) is 9.54. The van der Waals surface area contributed by atoms with Crippen molar-refractivity contribution in [1.82, 2.24) is 20.4 Å². The molecule has 33 heavy (non-hydrogen) atoms. The number of nitrogens with zero attached hydrogens (tertiary/aromatic N) is 3. The van der Waals surface area contributed by atoms with Gasteiger partial charge in [-0.05, 0) is 43.2 Å². The van der Waals surface area contributed by atoms with E-state index in [1.807, 2.05) is 19.1 Å².